The molecule has 0 saturated heterocycles. The van der Waals surface area contributed by atoms with Crippen molar-refractivity contribution >= 4 is 68.0 Å². The average molecular weight is 547 g/mol. The Morgan fingerprint density at radius 2 is 1.71 bits per heavy atom. The van der Waals surface area contributed by atoms with Crippen LogP contribution in [0.1, 0.15) is 29.8 Å². The van der Waals surface area contributed by atoms with E-state index in [1.807, 2.05) is 13.8 Å². The van der Waals surface area contributed by atoms with Crippen LogP contribution in [0.5, 0.6) is 0 Å². The van der Waals surface area contributed by atoms with Gasteiger partial charge < -0.3 is 10.4 Å². The first kappa shape index (κ1) is 25.3. The molecule has 0 radical (unpaired) electrons. The highest BCUT2D eigenvalue weighted by Gasteiger charge is 2.25. The van der Waals surface area contributed by atoms with Gasteiger partial charge in [0.25, 0.3) is 5.91 Å². The standard InChI is InChI=1S/C20H13BrCl2FNO3S.C2H6/c21-11-6-4-10(5-7-11)18-17(20(27)28)16(9-29-18)25-19(26)15(24)8-12-13(22)2-1-3-14(12)23;1-2/h1-7,9,15H,8H2,(H,25,26)(H,27,28);1-2H3. The van der Waals surface area contributed by atoms with Crippen molar-refractivity contribution in [1.29, 1.82) is 0 Å². The van der Waals surface area contributed by atoms with E-state index in [-0.39, 0.29) is 27.7 Å². The molecular formula is C22H19BrCl2FNO3S. The highest BCUT2D eigenvalue weighted by molar-refractivity contribution is 9.10. The maximum Gasteiger partial charge on any atom is 0.339 e. The summed E-state index contributed by atoms with van der Waals surface area (Å²) in [6.07, 6.45) is -2.28. The number of hydrogen-bond donors (Lipinski definition) is 2. The molecule has 0 aliphatic carbocycles. The minimum Gasteiger partial charge on any atom is -0.478 e. The number of halogens is 4. The summed E-state index contributed by atoms with van der Waals surface area (Å²) in [5, 5.41) is 14.0. The van der Waals surface area contributed by atoms with E-state index in [2.05, 4.69) is 21.2 Å². The number of nitrogens with one attached hydrogen (secondary N) is 1. The number of carbonyl (C=O) groups excluding carboxylic acids is 1. The number of carbonyl (C=O) groups is 2. The quantitative estimate of drug-likeness (QED) is 0.332. The molecular weight excluding hydrogens is 528 g/mol. The first-order valence-electron chi connectivity index (χ1n) is 9.26. The molecule has 1 aromatic heterocycles. The Labute approximate surface area is 202 Å². The molecule has 0 spiro atoms. The number of hydrogen-bond acceptors (Lipinski definition) is 3. The van der Waals surface area contributed by atoms with Crippen LogP contribution in [-0.2, 0) is 11.2 Å². The summed E-state index contributed by atoms with van der Waals surface area (Å²) in [6, 6.07) is 11.8. The number of aromatic carboxylic acids is 1. The van der Waals surface area contributed by atoms with E-state index in [1.165, 1.54) is 5.38 Å². The number of benzene rings is 2. The SMILES string of the molecule is CC.O=C(O)c1c(NC(=O)C(F)Cc2c(Cl)cccc2Cl)csc1-c1ccc(Br)cc1. The van der Waals surface area contributed by atoms with Gasteiger partial charge in [-0.15, -0.1) is 11.3 Å². The number of carboxylic acid groups (broad SMARTS) is 1. The van der Waals surface area contributed by atoms with E-state index >= 15 is 0 Å². The second kappa shape index (κ2) is 11.6. The molecule has 0 aliphatic rings. The zero-order valence-electron chi connectivity index (χ0n) is 16.6. The molecule has 0 saturated carbocycles. The smallest absolute Gasteiger partial charge is 0.339 e. The van der Waals surface area contributed by atoms with E-state index < -0.39 is 18.0 Å². The third-order valence-corrected chi connectivity index (χ3v) is 6.36. The molecule has 1 unspecified atom stereocenters. The van der Waals surface area contributed by atoms with Gasteiger partial charge in [-0.1, -0.05) is 71.2 Å². The summed E-state index contributed by atoms with van der Waals surface area (Å²) in [7, 11) is 0. The van der Waals surface area contributed by atoms with Crippen LogP contribution in [0.25, 0.3) is 10.4 Å². The van der Waals surface area contributed by atoms with Crippen molar-refractivity contribution in [3.8, 4) is 10.4 Å². The van der Waals surface area contributed by atoms with E-state index in [4.69, 9.17) is 23.2 Å². The molecule has 164 valence electrons. The van der Waals surface area contributed by atoms with Gasteiger partial charge in [-0.25, -0.2) is 9.18 Å². The average Bonchev–Trinajstić information content (AvgIpc) is 3.16. The molecule has 9 heteroatoms. The van der Waals surface area contributed by atoms with E-state index in [0.29, 0.717) is 16.0 Å². The predicted octanol–water partition coefficient (Wildman–Crippen LogP) is 7.73. The first-order chi connectivity index (χ1) is 14.8. The molecule has 1 amide bonds. The number of anilines is 1. The normalized spacial score (nSPS) is 11.3. The summed E-state index contributed by atoms with van der Waals surface area (Å²) in [5.41, 5.74) is 0.945. The zero-order valence-corrected chi connectivity index (χ0v) is 20.5. The second-order valence-corrected chi connectivity index (χ2v) is 8.64. The van der Waals surface area contributed by atoms with Gasteiger partial charge in [0.05, 0.1) is 10.6 Å². The number of rotatable bonds is 6. The summed E-state index contributed by atoms with van der Waals surface area (Å²) in [4.78, 5) is 24.6. The summed E-state index contributed by atoms with van der Waals surface area (Å²) in [6.45, 7) is 4.00. The van der Waals surface area contributed by atoms with Crippen LogP contribution < -0.4 is 5.32 Å². The Hall–Kier alpha value is -1.93. The highest BCUT2D eigenvalue weighted by Crippen LogP contribution is 2.37. The molecule has 1 atom stereocenters. The maximum atomic E-state index is 14.6. The topological polar surface area (TPSA) is 66.4 Å². The van der Waals surface area contributed by atoms with Crippen LogP contribution in [0.3, 0.4) is 0 Å². The lowest BCUT2D eigenvalue weighted by Gasteiger charge is -2.12. The second-order valence-electron chi connectivity index (χ2n) is 6.03. The van der Waals surface area contributed by atoms with Gasteiger partial charge in [0.15, 0.2) is 6.17 Å². The molecule has 3 rings (SSSR count). The lowest BCUT2D eigenvalue weighted by molar-refractivity contribution is -0.120. The van der Waals surface area contributed by atoms with E-state index in [9.17, 15) is 19.1 Å². The third kappa shape index (κ3) is 6.29. The Morgan fingerprint density at radius 1 is 1.13 bits per heavy atom. The van der Waals surface area contributed by atoms with E-state index in [0.717, 1.165) is 15.8 Å². The first-order valence-corrected chi connectivity index (χ1v) is 11.7. The number of alkyl halides is 1. The maximum absolute atomic E-state index is 14.6. The monoisotopic (exact) mass is 545 g/mol. The van der Waals surface area contributed by atoms with Gasteiger partial charge in [-0.2, -0.15) is 0 Å². The van der Waals surface area contributed by atoms with Crippen molar-refractivity contribution in [2.24, 2.45) is 0 Å². The minimum atomic E-state index is -1.95. The molecule has 4 nitrogen and oxygen atoms in total. The molecule has 2 aromatic carbocycles. The fourth-order valence-corrected chi connectivity index (χ4v) is 4.50. The number of amides is 1. The fraction of sp³-hybridized carbons (Fsp3) is 0.182. The van der Waals surface area contributed by atoms with Gasteiger partial charge >= 0.3 is 5.97 Å². The van der Waals surface area contributed by atoms with Gasteiger partial charge in [-0.3, -0.25) is 4.79 Å². The zero-order chi connectivity index (χ0) is 23.1. The van der Waals surface area contributed by atoms with Crippen molar-refractivity contribution in [1.82, 2.24) is 0 Å². The number of carboxylic acids is 1. The van der Waals surface area contributed by atoms with Crippen molar-refractivity contribution in [2.75, 3.05) is 5.32 Å². The molecule has 0 fully saturated rings. The molecule has 3 aromatic rings. The van der Waals surface area contributed by atoms with Gasteiger partial charge in [0, 0.05) is 26.3 Å². The molecule has 2 N–H and O–H groups in total. The lowest BCUT2D eigenvalue weighted by Crippen LogP contribution is -2.26. The minimum absolute atomic E-state index is 0.0401. The van der Waals surface area contributed by atoms with Gasteiger partial charge in [0.2, 0.25) is 0 Å². The molecule has 1 heterocycles. The van der Waals surface area contributed by atoms with Crippen molar-refractivity contribution in [3.63, 3.8) is 0 Å². The Bertz CT molecular complexity index is 1050. The number of thiophene rings is 1. The predicted molar refractivity (Wildman–Crippen MR) is 129 cm³/mol. The molecule has 31 heavy (non-hydrogen) atoms. The lowest BCUT2D eigenvalue weighted by atomic mass is 10.1. The fourth-order valence-electron chi connectivity index (χ4n) is 2.69. The van der Waals surface area contributed by atoms with Crippen molar-refractivity contribution in [3.05, 3.63) is 73.5 Å². The van der Waals surface area contributed by atoms with Crippen LogP contribution in [0.4, 0.5) is 10.1 Å². The van der Waals surface area contributed by atoms with Crippen LogP contribution in [-0.4, -0.2) is 23.2 Å². The Morgan fingerprint density at radius 3 is 2.26 bits per heavy atom. The van der Waals surface area contributed by atoms with Crippen molar-refractivity contribution in [2.45, 2.75) is 26.4 Å². The van der Waals surface area contributed by atoms with Crippen molar-refractivity contribution < 1.29 is 19.1 Å². The Kier molecular flexibility index (Phi) is 9.50. The molecule has 0 aliphatic heterocycles. The highest BCUT2D eigenvalue weighted by atomic mass is 79.9. The van der Waals surface area contributed by atoms with E-state index in [1.54, 1.807) is 42.5 Å². The third-order valence-electron chi connectivity index (χ3n) is 4.10. The summed E-state index contributed by atoms with van der Waals surface area (Å²) in [5.74, 6) is -2.19. The summed E-state index contributed by atoms with van der Waals surface area (Å²) < 4.78 is 15.4. The van der Waals surface area contributed by atoms with Crippen LogP contribution >= 0.6 is 50.5 Å². The largest absolute Gasteiger partial charge is 0.478 e. The van der Waals surface area contributed by atoms with Crippen LogP contribution in [0.2, 0.25) is 10.0 Å². The van der Waals surface area contributed by atoms with Crippen LogP contribution in [0, 0.1) is 0 Å². The van der Waals surface area contributed by atoms with Crippen LogP contribution in [0.15, 0.2) is 52.3 Å². The van der Waals surface area contributed by atoms with Gasteiger partial charge in [0.1, 0.15) is 5.56 Å². The molecule has 0 bridgehead atoms. The Balaban J connectivity index is 0.00000166. The summed E-state index contributed by atoms with van der Waals surface area (Å²) >= 11 is 16.5. The van der Waals surface area contributed by atoms with Gasteiger partial charge in [-0.05, 0) is 35.4 Å².